The highest BCUT2D eigenvalue weighted by atomic mass is 79.9. The summed E-state index contributed by atoms with van der Waals surface area (Å²) >= 11 is 4.15. The number of ether oxygens (including phenoxy) is 1. The van der Waals surface area contributed by atoms with Crippen LogP contribution in [0, 0.1) is 0 Å². The average Bonchev–Trinajstić information content (AvgIpc) is 3.07. The second kappa shape index (κ2) is 8.75. The van der Waals surface area contributed by atoms with Crippen LogP contribution in [0.15, 0.2) is 0 Å². The number of rotatable bonds is 9. The van der Waals surface area contributed by atoms with Crippen LogP contribution in [-0.4, -0.2) is 83.6 Å². The van der Waals surface area contributed by atoms with E-state index in [1.54, 1.807) is 0 Å². The van der Waals surface area contributed by atoms with Crippen LogP contribution in [-0.2, 0) is 30.3 Å². The van der Waals surface area contributed by atoms with Gasteiger partial charge in [-0.25, -0.2) is 4.79 Å². The molecule has 1 saturated heterocycles. The summed E-state index contributed by atoms with van der Waals surface area (Å²) < 4.78 is 5.80. The first-order valence-electron chi connectivity index (χ1n) is 6.83. The summed E-state index contributed by atoms with van der Waals surface area (Å²) in [5, 5.41) is 24.2. The van der Waals surface area contributed by atoms with Gasteiger partial charge < -0.3 is 15.2 Å². The van der Waals surface area contributed by atoms with Crippen LogP contribution in [0.25, 0.3) is 0 Å². The lowest BCUT2D eigenvalue weighted by atomic mass is 10.0. The Hall–Kier alpha value is -2.22. The number of halogens is 1. The molecule has 136 valence electrons. The van der Waals surface area contributed by atoms with Gasteiger partial charge in [0.15, 0.2) is 12.4 Å². The Labute approximate surface area is 153 Å². The number of carboxylic acids is 1. The van der Waals surface area contributed by atoms with E-state index in [1.165, 1.54) is 4.31 Å². The van der Waals surface area contributed by atoms with Gasteiger partial charge in [0.25, 0.3) is 5.91 Å². The van der Waals surface area contributed by atoms with Crippen molar-refractivity contribution in [3.63, 3.8) is 0 Å². The summed E-state index contributed by atoms with van der Waals surface area (Å²) in [6.45, 7) is -0.732. The maximum atomic E-state index is 12.1. The Balaban J connectivity index is 1.79. The fraction of sp³-hybridized carbons (Fsp3) is 0.545. The van der Waals surface area contributed by atoms with Crippen molar-refractivity contribution in [1.82, 2.24) is 30.2 Å². The lowest BCUT2D eigenvalue weighted by Gasteiger charge is -2.45. The van der Waals surface area contributed by atoms with Gasteiger partial charge in [-0.2, -0.15) is 5.21 Å². The summed E-state index contributed by atoms with van der Waals surface area (Å²) in [6, 6.07) is -1.10. The quantitative estimate of drug-likeness (QED) is 0.172. The summed E-state index contributed by atoms with van der Waals surface area (Å²) in [5.74, 6) is -2.84. The molecule has 0 aromatic carbocycles. The Kier molecular flexibility index (Phi) is 6.69. The number of aromatic nitrogens is 4. The smallest absolute Gasteiger partial charge is 0.341 e. The SMILES string of the molecule is O=C(O)COC(=O)CSN1C(=O)C(NC(=O)Cc2nn[nH]n2)C1CBr. The molecule has 0 radical (unpaired) electrons. The van der Waals surface area contributed by atoms with Crippen LogP contribution < -0.4 is 5.32 Å². The molecule has 2 amide bonds. The molecule has 25 heavy (non-hydrogen) atoms. The molecule has 0 saturated carbocycles. The van der Waals surface area contributed by atoms with Crippen molar-refractivity contribution in [1.29, 1.82) is 0 Å². The normalized spacial score (nSPS) is 19.2. The minimum atomic E-state index is -1.26. The molecule has 2 rings (SSSR count). The second-order valence-corrected chi connectivity index (χ2v) is 6.35. The first-order valence-corrected chi connectivity index (χ1v) is 8.89. The maximum absolute atomic E-state index is 12.1. The van der Waals surface area contributed by atoms with Gasteiger partial charge in [0, 0.05) is 5.33 Å². The number of carbonyl (C=O) groups excluding carboxylic acids is 3. The maximum Gasteiger partial charge on any atom is 0.341 e. The molecule has 12 nitrogen and oxygen atoms in total. The van der Waals surface area contributed by atoms with E-state index in [1.807, 2.05) is 0 Å². The number of hydrogen-bond donors (Lipinski definition) is 3. The third kappa shape index (κ3) is 5.12. The van der Waals surface area contributed by atoms with Gasteiger partial charge in [-0.3, -0.25) is 18.7 Å². The van der Waals surface area contributed by atoms with Crippen molar-refractivity contribution in [2.75, 3.05) is 17.7 Å². The van der Waals surface area contributed by atoms with E-state index in [4.69, 9.17) is 5.11 Å². The van der Waals surface area contributed by atoms with E-state index in [9.17, 15) is 19.2 Å². The lowest BCUT2D eigenvalue weighted by molar-refractivity contribution is -0.153. The van der Waals surface area contributed by atoms with Gasteiger partial charge in [0.1, 0.15) is 11.8 Å². The highest BCUT2D eigenvalue weighted by Gasteiger charge is 2.48. The molecule has 1 aromatic heterocycles. The minimum Gasteiger partial charge on any atom is -0.479 e. The lowest BCUT2D eigenvalue weighted by Crippen LogP contribution is -2.69. The highest BCUT2D eigenvalue weighted by Crippen LogP contribution is 2.30. The summed E-state index contributed by atoms with van der Waals surface area (Å²) in [5.41, 5.74) is 0. The number of nitrogens with zero attached hydrogens (tertiary/aromatic N) is 4. The zero-order chi connectivity index (χ0) is 18.4. The fourth-order valence-electron chi connectivity index (χ4n) is 1.92. The topological polar surface area (TPSA) is 167 Å². The molecule has 1 fully saturated rings. The van der Waals surface area contributed by atoms with Crippen LogP contribution in [0.2, 0.25) is 0 Å². The number of tetrazole rings is 1. The van der Waals surface area contributed by atoms with Crippen molar-refractivity contribution in [3.8, 4) is 0 Å². The number of β-lactam (4-membered cyclic amide) rings is 1. The number of amides is 2. The molecule has 2 atom stereocenters. The number of carbonyl (C=O) groups is 4. The summed E-state index contributed by atoms with van der Waals surface area (Å²) in [6.07, 6.45) is -0.121. The van der Waals surface area contributed by atoms with Gasteiger partial charge in [0.2, 0.25) is 5.91 Å². The van der Waals surface area contributed by atoms with Crippen molar-refractivity contribution >= 4 is 51.6 Å². The number of carboxylic acid groups (broad SMARTS) is 1. The van der Waals surface area contributed by atoms with E-state index in [0.29, 0.717) is 5.33 Å². The van der Waals surface area contributed by atoms with Gasteiger partial charge in [-0.15, -0.1) is 10.2 Å². The number of esters is 1. The third-order valence-corrected chi connectivity index (χ3v) is 4.79. The molecule has 3 N–H and O–H groups in total. The molecule has 0 spiro atoms. The number of hydrogen-bond acceptors (Lipinski definition) is 9. The Bertz CT molecular complexity index is 657. The summed E-state index contributed by atoms with van der Waals surface area (Å²) in [4.78, 5) is 45.7. The van der Waals surface area contributed by atoms with Crippen molar-refractivity contribution in [2.45, 2.75) is 18.5 Å². The van der Waals surface area contributed by atoms with E-state index in [0.717, 1.165) is 11.9 Å². The second-order valence-electron chi connectivity index (χ2n) is 4.76. The van der Waals surface area contributed by atoms with Gasteiger partial charge >= 0.3 is 11.9 Å². The zero-order valence-corrected chi connectivity index (χ0v) is 14.9. The zero-order valence-electron chi connectivity index (χ0n) is 12.5. The standard InChI is InChI=1S/C11H13BrN6O6S/c12-2-5-10(13-7(19)1-6-14-16-17-15-6)11(23)18(5)25-4-9(22)24-3-8(20)21/h5,10H,1-4H2,(H,13,19)(H,20,21)(H,14,15,16,17). The molecular weight excluding hydrogens is 424 g/mol. The fourth-order valence-corrected chi connectivity index (χ4v) is 3.73. The van der Waals surface area contributed by atoms with Crippen molar-refractivity contribution < 1.29 is 29.0 Å². The molecule has 1 aliphatic heterocycles. The van der Waals surface area contributed by atoms with Gasteiger partial charge in [0.05, 0.1) is 12.5 Å². The van der Waals surface area contributed by atoms with Crippen LogP contribution in [0.5, 0.6) is 0 Å². The number of aliphatic carboxylic acids is 1. The Morgan fingerprint density at radius 3 is 2.80 bits per heavy atom. The van der Waals surface area contributed by atoms with Crippen molar-refractivity contribution in [2.24, 2.45) is 0 Å². The highest BCUT2D eigenvalue weighted by molar-refractivity contribution is 9.09. The molecule has 1 aliphatic rings. The molecule has 0 bridgehead atoms. The average molecular weight is 437 g/mol. The van der Waals surface area contributed by atoms with Crippen LogP contribution >= 0.6 is 27.9 Å². The number of H-pyrrole nitrogens is 1. The molecule has 2 unspecified atom stereocenters. The van der Waals surface area contributed by atoms with Crippen LogP contribution in [0.3, 0.4) is 0 Å². The number of alkyl halides is 1. The Morgan fingerprint density at radius 2 is 2.20 bits per heavy atom. The monoisotopic (exact) mass is 436 g/mol. The summed E-state index contributed by atoms with van der Waals surface area (Å²) in [7, 11) is 0. The first kappa shape index (κ1) is 19.1. The predicted octanol–water partition coefficient (Wildman–Crippen LogP) is -1.89. The van der Waals surface area contributed by atoms with Gasteiger partial charge in [-0.05, 0) is 11.9 Å². The van der Waals surface area contributed by atoms with E-state index in [2.05, 4.69) is 46.6 Å². The molecular formula is C11H13BrN6O6S. The molecule has 0 aliphatic carbocycles. The van der Waals surface area contributed by atoms with Crippen LogP contribution in [0.4, 0.5) is 0 Å². The van der Waals surface area contributed by atoms with Gasteiger partial charge in [-0.1, -0.05) is 21.1 Å². The molecule has 1 aromatic rings. The number of nitrogens with one attached hydrogen (secondary N) is 2. The van der Waals surface area contributed by atoms with Crippen molar-refractivity contribution in [3.05, 3.63) is 5.82 Å². The largest absolute Gasteiger partial charge is 0.479 e. The predicted molar refractivity (Wildman–Crippen MR) is 85.3 cm³/mol. The molecule has 14 heteroatoms. The van der Waals surface area contributed by atoms with E-state index >= 15 is 0 Å². The van der Waals surface area contributed by atoms with Crippen LogP contribution in [0.1, 0.15) is 5.82 Å². The minimum absolute atomic E-state index is 0.121. The van der Waals surface area contributed by atoms with E-state index in [-0.39, 0.29) is 29.9 Å². The first-order chi connectivity index (χ1) is 11.9. The Morgan fingerprint density at radius 1 is 1.44 bits per heavy atom. The molecule has 2 heterocycles. The third-order valence-electron chi connectivity index (χ3n) is 3.03. The number of aromatic amines is 1. The van der Waals surface area contributed by atoms with E-state index < -0.39 is 30.5 Å².